The number of hydrogen-bond donors (Lipinski definition) is 2. The van der Waals surface area contributed by atoms with Crippen LogP contribution in [0.3, 0.4) is 0 Å². The normalized spacial score (nSPS) is 18.1. The molecule has 2 rings (SSSR count). The number of anilines is 1. The summed E-state index contributed by atoms with van der Waals surface area (Å²) in [5.41, 5.74) is 0. The van der Waals surface area contributed by atoms with Gasteiger partial charge in [-0.3, -0.25) is 0 Å². The maximum absolute atomic E-state index is 5.65. The van der Waals surface area contributed by atoms with E-state index in [1.54, 1.807) is 0 Å². The van der Waals surface area contributed by atoms with Crippen LogP contribution in [-0.4, -0.2) is 34.1 Å². The van der Waals surface area contributed by atoms with Crippen molar-refractivity contribution in [2.45, 2.75) is 18.9 Å². The molecule has 0 unspecified atom stereocenters. The fourth-order valence-electron chi connectivity index (χ4n) is 1.49. The van der Waals surface area contributed by atoms with Crippen LogP contribution in [0.4, 0.5) is 5.95 Å². The third kappa shape index (κ3) is 2.52. The molecule has 0 bridgehead atoms. The van der Waals surface area contributed by atoms with E-state index in [2.05, 4.69) is 25.6 Å². The summed E-state index contributed by atoms with van der Waals surface area (Å²) >= 11 is 5.65. The molecular formula is C8H12ClN5. The SMILES string of the molecule is Clc1ncnc(NC2CCNCC2)n1. The van der Waals surface area contributed by atoms with E-state index in [9.17, 15) is 0 Å². The summed E-state index contributed by atoms with van der Waals surface area (Å²) in [5, 5.41) is 6.76. The zero-order valence-corrected chi connectivity index (χ0v) is 8.46. The van der Waals surface area contributed by atoms with Gasteiger partial charge in [-0.05, 0) is 37.5 Å². The van der Waals surface area contributed by atoms with E-state index in [0.29, 0.717) is 12.0 Å². The topological polar surface area (TPSA) is 62.7 Å². The third-order valence-corrected chi connectivity index (χ3v) is 2.40. The predicted octanol–water partition coefficient (Wildman–Crippen LogP) is 0.689. The van der Waals surface area contributed by atoms with Crippen LogP contribution in [0.1, 0.15) is 12.8 Å². The zero-order chi connectivity index (χ0) is 9.80. The molecule has 1 aliphatic heterocycles. The third-order valence-electron chi connectivity index (χ3n) is 2.21. The monoisotopic (exact) mass is 213 g/mol. The number of hydrogen-bond acceptors (Lipinski definition) is 5. The maximum atomic E-state index is 5.65. The van der Waals surface area contributed by atoms with Gasteiger partial charge >= 0.3 is 0 Å². The highest BCUT2D eigenvalue weighted by Gasteiger charge is 2.13. The Morgan fingerprint density at radius 2 is 2.14 bits per heavy atom. The molecule has 1 aromatic heterocycles. The molecule has 0 aliphatic carbocycles. The fourth-order valence-corrected chi connectivity index (χ4v) is 1.62. The minimum atomic E-state index is 0.233. The van der Waals surface area contributed by atoms with Gasteiger partial charge in [-0.25, -0.2) is 9.97 Å². The predicted molar refractivity (Wildman–Crippen MR) is 54.4 cm³/mol. The molecule has 1 saturated heterocycles. The van der Waals surface area contributed by atoms with E-state index in [0.717, 1.165) is 25.9 Å². The van der Waals surface area contributed by atoms with E-state index < -0.39 is 0 Å². The van der Waals surface area contributed by atoms with Crippen LogP contribution in [-0.2, 0) is 0 Å². The molecule has 0 saturated carbocycles. The van der Waals surface area contributed by atoms with Gasteiger partial charge in [0.05, 0.1) is 0 Å². The largest absolute Gasteiger partial charge is 0.351 e. The molecule has 0 atom stereocenters. The van der Waals surface area contributed by atoms with Gasteiger partial charge in [0.25, 0.3) is 0 Å². The summed E-state index contributed by atoms with van der Waals surface area (Å²) in [4.78, 5) is 11.7. The lowest BCUT2D eigenvalue weighted by molar-refractivity contribution is 0.477. The van der Waals surface area contributed by atoms with Crippen molar-refractivity contribution in [3.63, 3.8) is 0 Å². The summed E-state index contributed by atoms with van der Waals surface area (Å²) in [6.45, 7) is 2.08. The molecule has 5 nitrogen and oxygen atoms in total. The van der Waals surface area contributed by atoms with Crippen LogP contribution in [0.5, 0.6) is 0 Å². The second kappa shape index (κ2) is 4.52. The zero-order valence-electron chi connectivity index (χ0n) is 7.70. The molecule has 2 heterocycles. The second-order valence-electron chi connectivity index (χ2n) is 3.25. The van der Waals surface area contributed by atoms with Gasteiger partial charge in [0.15, 0.2) is 0 Å². The molecule has 1 aromatic rings. The number of aromatic nitrogens is 3. The van der Waals surface area contributed by atoms with Gasteiger partial charge < -0.3 is 10.6 Å². The molecule has 0 aromatic carbocycles. The van der Waals surface area contributed by atoms with Crippen LogP contribution >= 0.6 is 11.6 Å². The Hall–Kier alpha value is -0.940. The lowest BCUT2D eigenvalue weighted by atomic mass is 10.1. The van der Waals surface area contributed by atoms with Crippen LogP contribution in [0.15, 0.2) is 6.33 Å². The van der Waals surface area contributed by atoms with Crippen LogP contribution < -0.4 is 10.6 Å². The molecule has 1 aliphatic rings. The van der Waals surface area contributed by atoms with Gasteiger partial charge in [0.1, 0.15) is 6.33 Å². The maximum Gasteiger partial charge on any atom is 0.227 e. The van der Waals surface area contributed by atoms with Crippen molar-refractivity contribution in [2.24, 2.45) is 0 Å². The Balaban J connectivity index is 1.95. The molecule has 0 spiro atoms. The van der Waals surface area contributed by atoms with Gasteiger partial charge in [-0.15, -0.1) is 0 Å². The second-order valence-corrected chi connectivity index (χ2v) is 3.58. The van der Waals surface area contributed by atoms with Gasteiger partial charge in [-0.2, -0.15) is 4.98 Å². The van der Waals surface area contributed by atoms with Crippen molar-refractivity contribution in [2.75, 3.05) is 18.4 Å². The first-order valence-corrected chi connectivity index (χ1v) is 5.04. The van der Waals surface area contributed by atoms with Crippen molar-refractivity contribution < 1.29 is 0 Å². The van der Waals surface area contributed by atoms with E-state index >= 15 is 0 Å². The highest BCUT2D eigenvalue weighted by atomic mass is 35.5. The molecular weight excluding hydrogens is 202 g/mol. The summed E-state index contributed by atoms with van der Waals surface area (Å²) in [5.74, 6) is 0.567. The summed E-state index contributed by atoms with van der Waals surface area (Å²) in [7, 11) is 0. The Bertz CT molecular complexity index is 300. The van der Waals surface area contributed by atoms with Crippen molar-refractivity contribution in [1.82, 2.24) is 20.3 Å². The van der Waals surface area contributed by atoms with Crippen molar-refractivity contribution >= 4 is 17.5 Å². The Kier molecular flexibility index (Phi) is 3.10. The summed E-state index contributed by atoms with van der Waals surface area (Å²) < 4.78 is 0. The first kappa shape index (κ1) is 9.61. The molecule has 0 radical (unpaired) electrons. The van der Waals surface area contributed by atoms with Crippen LogP contribution in [0.2, 0.25) is 5.28 Å². The van der Waals surface area contributed by atoms with E-state index in [4.69, 9.17) is 11.6 Å². The van der Waals surface area contributed by atoms with Crippen LogP contribution in [0, 0.1) is 0 Å². The number of nitrogens with zero attached hydrogens (tertiary/aromatic N) is 3. The lowest BCUT2D eigenvalue weighted by Gasteiger charge is -2.23. The molecule has 76 valence electrons. The lowest BCUT2D eigenvalue weighted by Crippen LogP contribution is -2.35. The fraction of sp³-hybridized carbons (Fsp3) is 0.625. The quantitative estimate of drug-likeness (QED) is 0.757. The molecule has 1 fully saturated rings. The number of nitrogens with one attached hydrogen (secondary N) is 2. The van der Waals surface area contributed by atoms with Gasteiger partial charge in [0, 0.05) is 6.04 Å². The van der Waals surface area contributed by atoms with E-state index in [1.165, 1.54) is 6.33 Å². The van der Waals surface area contributed by atoms with Crippen molar-refractivity contribution in [3.05, 3.63) is 11.6 Å². The van der Waals surface area contributed by atoms with E-state index in [-0.39, 0.29) is 5.28 Å². The van der Waals surface area contributed by atoms with Crippen molar-refractivity contribution in [3.8, 4) is 0 Å². The number of rotatable bonds is 2. The van der Waals surface area contributed by atoms with Crippen LogP contribution in [0.25, 0.3) is 0 Å². The van der Waals surface area contributed by atoms with E-state index in [1.807, 2.05) is 0 Å². The number of piperidine rings is 1. The van der Waals surface area contributed by atoms with Gasteiger partial charge in [0.2, 0.25) is 11.2 Å². The highest BCUT2D eigenvalue weighted by molar-refractivity contribution is 6.28. The van der Waals surface area contributed by atoms with Crippen molar-refractivity contribution in [1.29, 1.82) is 0 Å². The first-order valence-electron chi connectivity index (χ1n) is 4.66. The average Bonchev–Trinajstić information content (AvgIpc) is 2.19. The molecule has 2 N–H and O–H groups in total. The molecule has 0 amide bonds. The Morgan fingerprint density at radius 3 is 2.86 bits per heavy atom. The Morgan fingerprint density at radius 1 is 1.36 bits per heavy atom. The first-order chi connectivity index (χ1) is 6.84. The molecule has 14 heavy (non-hydrogen) atoms. The minimum Gasteiger partial charge on any atom is -0.351 e. The Labute approximate surface area is 87.3 Å². The summed E-state index contributed by atoms with van der Waals surface area (Å²) in [6.07, 6.45) is 3.59. The minimum absolute atomic E-state index is 0.233. The van der Waals surface area contributed by atoms with Gasteiger partial charge in [-0.1, -0.05) is 0 Å². The molecule has 6 heteroatoms. The summed E-state index contributed by atoms with van der Waals surface area (Å²) in [6, 6.07) is 0.440. The average molecular weight is 214 g/mol. The highest BCUT2D eigenvalue weighted by Crippen LogP contribution is 2.09. The smallest absolute Gasteiger partial charge is 0.227 e. The number of halogens is 1. The standard InChI is InChI=1S/C8H12ClN5/c9-7-11-5-12-8(14-7)13-6-1-3-10-4-2-6/h5-6,10H,1-4H2,(H,11,12,13,14).